The standard InChI is InChI=1S/C11H17N3O3S/c1-9-7-12-5-6-14(9)18(15,16)10-3-4-11(17-2)13-8-10/h3-4,8-9,12H,5-7H2,1-2H3/t9-/m0/s1. The topological polar surface area (TPSA) is 71.5 Å². The predicted octanol–water partition coefficient (Wildman–Crippen LogP) is 0.0726. The van der Waals surface area contributed by atoms with Crippen LogP contribution < -0.4 is 10.1 Å². The van der Waals surface area contributed by atoms with Gasteiger partial charge in [-0.3, -0.25) is 0 Å². The Bertz CT molecular complexity index is 501. The van der Waals surface area contributed by atoms with Crippen molar-refractivity contribution in [3.63, 3.8) is 0 Å². The van der Waals surface area contributed by atoms with Gasteiger partial charge in [0.05, 0.1) is 13.3 Å². The van der Waals surface area contributed by atoms with E-state index in [1.54, 1.807) is 6.07 Å². The minimum Gasteiger partial charge on any atom is -0.481 e. The van der Waals surface area contributed by atoms with Crippen molar-refractivity contribution in [3.8, 4) is 5.88 Å². The van der Waals surface area contributed by atoms with E-state index in [1.165, 1.54) is 23.7 Å². The molecule has 1 fully saturated rings. The number of methoxy groups -OCH3 is 1. The summed E-state index contributed by atoms with van der Waals surface area (Å²) in [6, 6.07) is 3.03. The average molecular weight is 271 g/mol. The number of hydrogen-bond donors (Lipinski definition) is 1. The fraction of sp³-hybridized carbons (Fsp3) is 0.545. The van der Waals surface area contributed by atoms with E-state index in [1.807, 2.05) is 6.92 Å². The summed E-state index contributed by atoms with van der Waals surface area (Å²) in [5.74, 6) is 0.405. The Kier molecular flexibility index (Phi) is 3.84. The normalized spacial score (nSPS) is 21.8. The van der Waals surface area contributed by atoms with Crippen LogP contribution in [-0.2, 0) is 10.0 Å². The van der Waals surface area contributed by atoms with Gasteiger partial charge >= 0.3 is 0 Å². The summed E-state index contributed by atoms with van der Waals surface area (Å²) in [5.41, 5.74) is 0. The molecule has 1 atom stereocenters. The molecular formula is C11H17N3O3S. The first-order chi connectivity index (χ1) is 8.55. The largest absolute Gasteiger partial charge is 0.481 e. The Morgan fingerprint density at radius 2 is 2.28 bits per heavy atom. The van der Waals surface area contributed by atoms with Gasteiger partial charge in [-0.05, 0) is 13.0 Å². The summed E-state index contributed by atoms with van der Waals surface area (Å²) in [5, 5.41) is 3.16. The molecule has 18 heavy (non-hydrogen) atoms. The van der Waals surface area contributed by atoms with Gasteiger partial charge < -0.3 is 10.1 Å². The van der Waals surface area contributed by atoms with Crippen molar-refractivity contribution < 1.29 is 13.2 Å². The van der Waals surface area contributed by atoms with E-state index in [4.69, 9.17) is 4.74 Å². The van der Waals surface area contributed by atoms with Gasteiger partial charge in [0.2, 0.25) is 15.9 Å². The minimum absolute atomic E-state index is 0.0501. The molecule has 1 aromatic rings. The molecule has 2 heterocycles. The van der Waals surface area contributed by atoms with Gasteiger partial charge in [-0.15, -0.1) is 0 Å². The van der Waals surface area contributed by atoms with Crippen LogP contribution in [0.4, 0.5) is 0 Å². The highest BCUT2D eigenvalue weighted by Gasteiger charge is 2.30. The Morgan fingerprint density at radius 3 is 2.83 bits per heavy atom. The Morgan fingerprint density at radius 1 is 1.50 bits per heavy atom. The summed E-state index contributed by atoms with van der Waals surface area (Å²) >= 11 is 0. The zero-order valence-electron chi connectivity index (χ0n) is 10.5. The molecule has 0 aliphatic carbocycles. The summed E-state index contributed by atoms with van der Waals surface area (Å²) < 4.78 is 31.3. The van der Waals surface area contributed by atoms with Crippen molar-refractivity contribution in [2.24, 2.45) is 0 Å². The number of nitrogens with zero attached hydrogens (tertiary/aromatic N) is 2. The van der Waals surface area contributed by atoms with E-state index in [0.717, 1.165) is 0 Å². The van der Waals surface area contributed by atoms with E-state index in [0.29, 0.717) is 25.5 Å². The van der Waals surface area contributed by atoms with Crippen molar-refractivity contribution in [3.05, 3.63) is 18.3 Å². The quantitative estimate of drug-likeness (QED) is 0.842. The van der Waals surface area contributed by atoms with Crippen LogP contribution in [-0.4, -0.2) is 50.5 Å². The van der Waals surface area contributed by atoms with Crippen LogP contribution in [0, 0.1) is 0 Å². The minimum atomic E-state index is -3.46. The first kappa shape index (κ1) is 13.3. The molecule has 1 aliphatic rings. The molecule has 0 saturated carbocycles. The molecule has 1 aromatic heterocycles. The molecular weight excluding hydrogens is 254 g/mol. The number of nitrogens with one attached hydrogen (secondary N) is 1. The predicted molar refractivity (Wildman–Crippen MR) is 67.0 cm³/mol. The zero-order chi connectivity index (χ0) is 13.2. The highest BCUT2D eigenvalue weighted by Crippen LogP contribution is 2.19. The van der Waals surface area contributed by atoms with E-state index in [9.17, 15) is 8.42 Å². The third-order valence-electron chi connectivity index (χ3n) is 2.97. The molecule has 1 aliphatic heterocycles. The summed E-state index contributed by atoms with van der Waals surface area (Å²) in [7, 11) is -1.97. The summed E-state index contributed by atoms with van der Waals surface area (Å²) in [6.45, 7) is 3.71. The lowest BCUT2D eigenvalue weighted by atomic mass is 10.3. The molecule has 2 rings (SSSR count). The van der Waals surface area contributed by atoms with Gasteiger partial charge in [-0.2, -0.15) is 4.31 Å². The molecule has 1 saturated heterocycles. The molecule has 0 amide bonds. The van der Waals surface area contributed by atoms with Crippen molar-refractivity contribution in [1.82, 2.24) is 14.6 Å². The molecule has 0 spiro atoms. The number of pyridine rings is 1. The van der Waals surface area contributed by atoms with Crippen LogP contribution in [0.2, 0.25) is 0 Å². The van der Waals surface area contributed by atoms with Gasteiger partial charge in [-0.1, -0.05) is 0 Å². The lowest BCUT2D eigenvalue weighted by Gasteiger charge is -2.32. The second-order valence-corrected chi connectivity index (χ2v) is 6.10. The maximum absolute atomic E-state index is 12.4. The Balaban J connectivity index is 2.28. The van der Waals surface area contributed by atoms with E-state index >= 15 is 0 Å². The first-order valence-corrected chi connectivity index (χ1v) is 7.22. The average Bonchev–Trinajstić information content (AvgIpc) is 2.39. The van der Waals surface area contributed by atoms with Gasteiger partial charge in [0.25, 0.3) is 0 Å². The van der Waals surface area contributed by atoms with Crippen molar-refractivity contribution in [2.75, 3.05) is 26.7 Å². The number of aromatic nitrogens is 1. The second kappa shape index (κ2) is 5.21. The van der Waals surface area contributed by atoms with Gasteiger partial charge in [0.1, 0.15) is 4.90 Å². The van der Waals surface area contributed by atoms with Crippen molar-refractivity contribution in [1.29, 1.82) is 0 Å². The molecule has 100 valence electrons. The molecule has 6 nitrogen and oxygen atoms in total. The molecule has 0 unspecified atom stereocenters. The van der Waals surface area contributed by atoms with Gasteiger partial charge in [-0.25, -0.2) is 13.4 Å². The SMILES string of the molecule is COc1ccc(S(=O)(=O)N2CCNC[C@@H]2C)cn1. The second-order valence-electron chi connectivity index (χ2n) is 4.21. The maximum Gasteiger partial charge on any atom is 0.244 e. The van der Waals surface area contributed by atoms with E-state index in [2.05, 4.69) is 10.3 Å². The molecule has 0 radical (unpaired) electrons. The van der Waals surface area contributed by atoms with Crippen LogP contribution in [0.1, 0.15) is 6.92 Å². The van der Waals surface area contributed by atoms with Gasteiger partial charge in [0, 0.05) is 31.7 Å². The molecule has 0 aromatic carbocycles. The summed E-state index contributed by atoms with van der Waals surface area (Å²) in [6.07, 6.45) is 1.34. The number of piperazine rings is 1. The monoisotopic (exact) mass is 271 g/mol. The first-order valence-electron chi connectivity index (χ1n) is 5.78. The van der Waals surface area contributed by atoms with Gasteiger partial charge in [0.15, 0.2) is 0 Å². The fourth-order valence-corrected chi connectivity index (χ4v) is 3.53. The lowest BCUT2D eigenvalue weighted by Crippen LogP contribution is -2.52. The summed E-state index contributed by atoms with van der Waals surface area (Å²) in [4.78, 5) is 4.15. The Labute approximate surface area is 107 Å². The number of rotatable bonds is 3. The number of ether oxygens (including phenoxy) is 1. The van der Waals surface area contributed by atoms with E-state index in [-0.39, 0.29) is 10.9 Å². The number of hydrogen-bond acceptors (Lipinski definition) is 5. The van der Waals surface area contributed by atoms with Crippen molar-refractivity contribution >= 4 is 10.0 Å². The molecule has 1 N–H and O–H groups in total. The Hall–Kier alpha value is -1.18. The third-order valence-corrected chi connectivity index (χ3v) is 4.96. The van der Waals surface area contributed by atoms with Crippen LogP contribution in [0.15, 0.2) is 23.2 Å². The highest BCUT2D eigenvalue weighted by atomic mass is 32.2. The van der Waals surface area contributed by atoms with Crippen LogP contribution in [0.25, 0.3) is 0 Å². The smallest absolute Gasteiger partial charge is 0.244 e. The van der Waals surface area contributed by atoms with Crippen LogP contribution in [0.3, 0.4) is 0 Å². The third kappa shape index (κ3) is 2.47. The van der Waals surface area contributed by atoms with Crippen LogP contribution >= 0.6 is 0 Å². The van der Waals surface area contributed by atoms with E-state index < -0.39 is 10.0 Å². The van der Waals surface area contributed by atoms with Crippen LogP contribution in [0.5, 0.6) is 5.88 Å². The highest BCUT2D eigenvalue weighted by molar-refractivity contribution is 7.89. The molecule has 7 heteroatoms. The van der Waals surface area contributed by atoms with Crippen molar-refractivity contribution in [2.45, 2.75) is 17.9 Å². The zero-order valence-corrected chi connectivity index (χ0v) is 11.3. The molecule has 0 bridgehead atoms. The lowest BCUT2D eigenvalue weighted by molar-refractivity contribution is 0.283. The number of sulfonamides is 1. The maximum atomic E-state index is 12.4. The fourth-order valence-electron chi connectivity index (χ4n) is 1.95.